The van der Waals surface area contributed by atoms with E-state index in [4.69, 9.17) is 0 Å². The number of aryl methyl sites for hydroxylation is 1. The number of hydrazone groups is 1. The summed E-state index contributed by atoms with van der Waals surface area (Å²) in [6, 6.07) is 6.12. The average molecular weight is 382 g/mol. The number of fused-ring (bicyclic) bond motifs is 2. The molecule has 2 bridgehead atoms. The Kier molecular flexibility index (Phi) is 4.70. The minimum atomic E-state index is -1.23. The van der Waals surface area contributed by atoms with Gasteiger partial charge in [-0.1, -0.05) is 24.1 Å². The quantitative estimate of drug-likeness (QED) is 0.468. The van der Waals surface area contributed by atoms with Crippen LogP contribution in [0.4, 0.5) is 4.79 Å². The van der Waals surface area contributed by atoms with E-state index < -0.39 is 29.7 Å². The smallest absolute Gasteiger partial charge is 0.277 e. The molecule has 1 heterocycles. The standard InChI is InChI=1S/C20H22N4O4/c1-11-2-5-13(6-3-11)17(25)23-21-10-15-18(26)22-20(28)24(19(15)27)16-9-12-4-7-14(16)8-12/h2-3,5-6,10,12,14-16H,4,7-9H2,1H3,(H,23,25)(H,22,26,28)/b21-10-/t12-,14-,15+,16+/m0/s1. The van der Waals surface area contributed by atoms with Crippen LogP contribution in [0.3, 0.4) is 0 Å². The molecule has 3 fully saturated rings. The molecule has 8 nitrogen and oxygen atoms in total. The minimum Gasteiger partial charge on any atom is -0.277 e. The van der Waals surface area contributed by atoms with Crippen molar-refractivity contribution in [3.63, 3.8) is 0 Å². The number of hydrogen-bond donors (Lipinski definition) is 2. The lowest BCUT2D eigenvalue weighted by atomic mass is 9.92. The van der Waals surface area contributed by atoms with E-state index in [1.54, 1.807) is 24.3 Å². The van der Waals surface area contributed by atoms with Crippen LogP contribution in [0.2, 0.25) is 0 Å². The number of nitrogens with zero attached hydrogens (tertiary/aromatic N) is 2. The monoisotopic (exact) mass is 382 g/mol. The first-order valence-corrected chi connectivity index (χ1v) is 9.52. The lowest BCUT2D eigenvalue weighted by Crippen LogP contribution is -2.62. The average Bonchev–Trinajstić information content (AvgIpc) is 3.28. The molecule has 2 saturated carbocycles. The van der Waals surface area contributed by atoms with E-state index in [1.165, 1.54) is 4.90 Å². The van der Waals surface area contributed by atoms with Gasteiger partial charge in [-0.25, -0.2) is 10.2 Å². The summed E-state index contributed by atoms with van der Waals surface area (Å²) in [6.45, 7) is 1.91. The van der Waals surface area contributed by atoms with Crippen molar-refractivity contribution in [1.82, 2.24) is 15.6 Å². The number of hydrogen-bond acceptors (Lipinski definition) is 5. The summed E-state index contributed by atoms with van der Waals surface area (Å²) in [5.41, 5.74) is 3.76. The van der Waals surface area contributed by atoms with Crippen molar-refractivity contribution in [3.05, 3.63) is 35.4 Å². The molecule has 0 aromatic heterocycles. The van der Waals surface area contributed by atoms with Crippen molar-refractivity contribution in [2.75, 3.05) is 0 Å². The number of nitrogens with one attached hydrogen (secondary N) is 2. The molecule has 28 heavy (non-hydrogen) atoms. The predicted molar refractivity (Wildman–Crippen MR) is 100 cm³/mol. The third kappa shape index (κ3) is 3.30. The van der Waals surface area contributed by atoms with E-state index in [9.17, 15) is 19.2 Å². The summed E-state index contributed by atoms with van der Waals surface area (Å²) in [5, 5.41) is 6.03. The molecule has 4 rings (SSSR count). The molecular formula is C20H22N4O4. The fourth-order valence-corrected chi connectivity index (χ4v) is 4.52. The number of barbiturate groups is 1. The van der Waals surface area contributed by atoms with Crippen LogP contribution in [-0.4, -0.2) is 40.9 Å². The topological polar surface area (TPSA) is 108 Å². The Morgan fingerprint density at radius 1 is 1.18 bits per heavy atom. The predicted octanol–water partition coefficient (Wildman–Crippen LogP) is 1.59. The van der Waals surface area contributed by atoms with Gasteiger partial charge in [-0.15, -0.1) is 0 Å². The number of benzene rings is 1. The maximum atomic E-state index is 12.8. The fourth-order valence-electron chi connectivity index (χ4n) is 4.52. The summed E-state index contributed by atoms with van der Waals surface area (Å²) in [5.74, 6) is -2.10. The molecule has 1 saturated heterocycles. The zero-order chi connectivity index (χ0) is 19.8. The maximum Gasteiger partial charge on any atom is 0.331 e. The van der Waals surface area contributed by atoms with Gasteiger partial charge in [-0.3, -0.25) is 24.6 Å². The first-order chi connectivity index (χ1) is 13.4. The molecule has 3 aliphatic rings. The van der Waals surface area contributed by atoms with Crippen molar-refractivity contribution in [2.45, 2.75) is 38.6 Å². The highest BCUT2D eigenvalue weighted by molar-refractivity contribution is 6.23. The number of amides is 5. The minimum absolute atomic E-state index is 0.155. The number of rotatable bonds is 4. The molecule has 1 aliphatic heterocycles. The maximum absolute atomic E-state index is 12.8. The molecular weight excluding hydrogens is 360 g/mol. The van der Waals surface area contributed by atoms with Crippen LogP contribution >= 0.6 is 0 Å². The van der Waals surface area contributed by atoms with E-state index in [2.05, 4.69) is 15.8 Å². The van der Waals surface area contributed by atoms with E-state index in [-0.39, 0.29) is 6.04 Å². The Morgan fingerprint density at radius 2 is 1.93 bits per heavy atom. The first-order valence-electron chi connectivity index (χ1n) is 9.52. The van der Waals surface area contributed by atoms with Gasteiger partial charge in [-0.05, 0) is 50.2 Å². The lowest BCUT2D eigenvalue weighted by Gasteiger charge is -2.36. The van der Waals surface area contributed by atoms with Crippen molar-refractivity contribution in [3.8, 4) is 0 Å². The molecule has 8 heteroatoms. The molecule has 0 unspecified atom stereocenters. The van der Waals surface area contributed by atoms with Gasteiger partial charge in [0, 0.05) is 17.8 Å². The van der Waals surface area contributed by atoms with Crippen molar-refractivity contribution < 1.29 is 19.2 Å². The Bertz CT molecular complexity index is 863. The highest BCUT2D eigenvalue weighted by Gasteiger charge is 2.50. The summed E-state index contributed by atoms with van der Waals surface area (Å²) in [7, 11) is 0. The molecule has 0 radical (unpaired) electrons. The fraction of sp³-hybridized carbons (Fsp3) is 0.450. The third-order valence-corrected chi connectivity index (χ3v) is 5.97. The zero-order valence-electron chi connectivity index (χ0n) is 15.6. The van der Waals surface area contributed by atoms with Gasteiger partial charge in [0.2, 0.25) is 11.8 Å². The number of carbonyl (C=O) groups excluding carboxylic acids is 4. The van der Waals surface area contributed by atoms with E-state index in [1.807, 2.05) is 6.92 Å². The lowest BCUT2D eigenvalue weighted by molar-refractivity contribution is -0.141. The molecule has 2 N–H and O–H groups in total. The molecule has 1 aromatic carbocycles. The second-order valence-corrected chi connectivity index (χ2v) is 7.81. The molecule has 1 aromatic rings. The van der Waals surface area contributed by atoms with Crippen LogP contribution in [0, 0.1) is 24.7 Å². The Hall–Kier alpha value is -3.03. The van der Waals surface area contributed by atoms with Gasteiger partial charge in [0.15, 0.2) is 5.92 Å². The normalized spacial score (nSPS) is 29.5. The van der Waals surface area contributed by atoms with Crippen LogP contribution in [0.15, 0.2) is 29.4 Å². The zero-order valence-corrected chi connectivity index (χ0v) is 15.6. The molecule has 146 valence electrons. The van der Waals surface area contributed by atoms with Crippen LogP contribution in [0.5, 0.6) is 0 Å². The number of imide groups is 2. The highest BCUT2D eigenvalue weighted by Crippen LogP contribution is 2.47. The molecule has 4 atom stereocenters. The number of urea groups is 1. The summed E-state index contributed by atoms with van der Waals surface area (Å²) < 4.78 is 0. The van der Waals surface area contributed by atoms with Crippen molar-refractivity contribution >= 4 is 30.0 Å². The van der Waals surface area contributed by atoms with Crippen molar-refractivity contribution in [2.24, 2.45) is 22.9 Å². The first kappa shape index (κ1) is 18.3. The van der Waals surface area contributed by atoms with Crippen LogP contribution in [0.25, 0.3) is 0 Å². The van der Waals surface area contributed by atoms with E-state index in [0.717, 1.165) is 37.5 Å². The van der Waals surface area contributed by atoms with Gasteiger partial charge in [0.25, 0.3) is 5.91 Å². The molecule has 0 spiro atoms. The second kappa shape index (κ2) is 7.18. The third-order valence-electron chi connectivity index (χ3n) is 5.97. The Morgan fingerprint density at radius 3 is 2.57 bits per heavy atom. The largest absolute Gasteiger partial charge is 0.331 e. The summed E-state index contributed by atoms with van der Waals surface area (Å²) in [4.78, 5) is 50.5. The van der Waals surface area contributed by atoms with Gasteiger partial charge in [0.05, 0.1) is 0 Å². The Balaban J connectivity index is 1.44. The number of carbonyl (C=O) groups is 4. The van der Waals surface area contributed by atoms with Crippen molar-refractivity contribution in [1.29, 1.82) is 0 Å². The summed E-state index contributed by atoms with van der Waals surface area (Å²) in [6.07, 6.45) is 5.06. The summed E-state index contributed by atoms with van der Waals surface area (Å²) >= 11 is 0. The Labute approximate surface area is 162 Å². The van der Waals surface area contributed by atoms with Crippen LogP contribution in [0.1, 0.15) is 41.6 Å². The highest BCUT2D eigenvalue weighted by atomic mass is 16.2. The van der Waals surface area contributed by atoms with Crippen LogP contribution < -0.4 is 10.7 Å². The SMILES string of the molecule is Cc1ccc(C(=O)N/N=C\[C@@H]2C(=O)NC(=O)N([C@@H]3C[C@H]4CC[C@H]3C4)C2=O)cc1. The molecule has 2 aliphatic carbocycles. The van der Waals surface area contributed by atoms with Gasteiger partial charge < -0.3 is 0 Å². The second-order valence-electron chi connectivity index (χ2n) is 7.81. The van der Waals surface area contributed by atoms with E-state index in [0.29, 0.717) is 17.4 Å². The van der Waals surface area contributed by atoms with Crippen LogP contribution in [-0.2, 0) is 9.59 Å². The molecule has 5 amide bonds. The van der Waals surface area contributed by atoms with E-state index >= 15 is 0 Å². The van der Waals surface area contributed by atoms with Gasteiger partial charge >= 0.3 is 6.03 Å². The van der Waals surface area contributed by atoms with Gasteiger partial charge in [0.1, 0.15) is 0 Å². The van der Waals surface area contributed by atoms with Gasteiger partial charge in [-0.2, -0.15) is 5.10 Å².